The molecule has 1 aliphatic heterocycles. The summed E-state index contributed by atoms with van der Waals surface area (Å²) in [6.45, 7) is 2.00. The molecule has 1 fully saturated rings. The van der Waals surface area contributed by atoms with Crippen LogP contribution in [0.2, 0.25) is 15.7 Å². The Hall–Kier alpha value is -1.29. The van der Waals surface area contributed by atoms with Crippen molar-refractivity contribution in [1.29, 1.82) is 0 Å². The summed E-state index contributed by atoms with van der Waals surface area (Å²) in [5.41, 5.74) is 7.13. The van der Waals surface area contributed by atoms with Gasteiger partial charge in [0.1, 0.15) is 11.0 Å². The minimum Gasteiger partial charge on any atom is -0.383 e. The summed E-state index contributed by atoms with van der Waals surface area (Å²) in [4.78, 5) is 15.8. The number of nitrogens with zero attached hydrogens (tertiary/aromatic N) is 4. The first-order valence-corrected chi connectivity index (χ1v) is 11.8. The third-order valence-corrected chi connectivity index (χ3v) is 6.02. The molecule has 5 rings (SSSR count). The normalized spacial score (nSPS) is 12.8. The maximum atomic E-state index is 5.88. The molecular weight excluding hydrogens is 592 g/mol. The quantitative estimate of drug-likeness (QED) is 0.169. The van der Waals surface area contributed by atoms with Gasteiger partial charge >= 0.3 is 0 Å². The number of benzene rings is 2. The molecule has 162 valence electrons. The zero-order valence-electron chi connectivity index (χ0n) is 16.0. The summed E-state index contributed by atoms with van der Waals surface area (Å²) >= 11 is 23.9. The van der Waals surface area contributed by atoms with Gasteiger partial charge in [0, 0.05) is 32.9 Å². The highest BCUT2D eigenvalue weighted by Crippen LogP contribution is 2.27. The molecule has 0 spiro atoms. The van der Waals surface area contributed by atoms with Crippen LogP contribution in [0.5, 0.6) is 0 Å². The molecule has 0 radical (unpaired) electrons. The minimum absolute atomic E-state index is 0.157. The molecule has 4 aromatic rings. The average molecular weight is 609 g/mol. The molecule has 31 heavy (non-hydrogen) atoms. The smallest absolute Gasteiger partial charge is 0.224 e. The molecule has 0 saturated carbocycles. The number of rotatable bonds is 0. The number of fused-ring (bicyclic) bond motifs is 2. The molecule has 0 amide bonds. The van der Waals surface area contributed by atoms with Gasteiger partial charge in [-0.2, -0.15) is 0 Å². The van der Waals surface area contributed by atoms with Gasteiger partial charge in [-0.3, -0.25) is 0 Å². The molecule has 2 N–H and O–H groups in total. The van der Waals surface area contributed by atoms with E-state index in [1.165, 1.54) is 12.8 Å². The van der Waals surface area contributed by atoms with Gasteiger partial charge < -0.3 is 10.5 Å². The predicted molar refractivity (Wildman–Crippen MR) is 134 cm³/mol. The van der Waals surface area contributed by atoms with Crippen LogP contribution in [0.4, 0.5) is 5.82 Å². The van der Waals surface area contributed by atoms with Crippen LogP contribution in [-0.2, 0) is 4.74 Å². The highest BCUT2D eigenvalue weighted by Gasteiger charge is 2.07. The lowest BCUT2D eigenvalue weighted by Gasteiger charge is -2.02. The maximum Gasteiger partial charge on any atom is 0.224 e. The molecule has 11 heteroatoms. The average Bonchev–Trinajstić information content (AvgIpc) is 3.30. The Morgan fingerprint density at radius 1 is 0.742 bits per heavy atom. The van der Waals surface area contributed by atoms with E-state index in [-0.39, 0.29) is 10.6 Å². The number of hydrogen-bond acceptors (Lipinski definition) is 6. The van der Waals surface area contributed by atoms with Crippen LogP contribution in [0.25, 0.3) is 21.8 Å². The van der Waals surface area contributed by atoms with E-state index in [2.05, 4.69) is 51.8 Å². The zero-order valence-corrected chi connectivity index (χ0v) is 21.4. The van der Waals surface area contributed by atoms with Crippen molar-refractivity contribution in [1.82, 2.24) is 19.9 Å². The number of hydrogen-bond donors (Lipinski definition) is 1. The molecular formula is C20H16Br2Cl3N5O. The van der Waals surface area contributed by atoms with Crippen molar-refractivity contribution < 1.29 is 4.74 Å². The van der Waals surface area contributed by atoms with Crippen molar-refractivity contribution in [3.63, 3.8) is 0 Å². The van der Waals surface area contributed by atoms with Crippen LogP contribution >= 0.6 is 66.7 Å². The summed E-state index contributed by atoms with van der Waals surface area (Å²) in [6, 6.07) is 11.2. The second-order valence-electron chi connectivity index (χ2n) is 6.25. The number of aromatic nitrogens is 4. The summed E-state index contributed by atoms with van der Waals surface area (Å²) in [6.07, 6.45) is 2.56. The topological polar surface area (TPSA) is 86.8 Å². The van der Waals surface area contributed by atoms with Crippen LogP contribution in [0, 0.1) is 0 Å². The van der Waals surface area contributed by atoms with Crippen molar-refractivity contribution >= 4 is 94.3 Å². The van der Waals surface area contributed by atoms with Gasteiger partial charge in [-0.15, -0.1) is 0 Å². The van der Waals surface area contributed by atoms with Crippen molar-refractivity contribution in [3.8, 4) is 0 Å². The van der Waals surface area contributed by atoms with E-state index < -0.39 is 0 Å². The Morgan fingerprint density at radius 3 is 1.81 bits per heavy atom. The van der Waals surface area contributed by atoms with Gasteiger partial charge in [0.2, 0.25) is 10.6 Å². The standard InChI is InChI=1S/C8H3BrCl2N2.C8H5BrClN3.C4H8O/c9-5-3-1-2-4-6(5)12-8(11)13-7(4)10;9-5-3-1-2-4-6(5)12-8(10)13-7(4)11;1-2-4-5-3-1/h1-3H;1-3H,(H2,11,12,13);1-4H2. The number of nitrogen functional groups attached to an aromatic ring is 1. The number of anilines is 1. The first-order valence-electron chi connectivity index (χ1n) is 9.09. The van der Waals surface area contributed by atoms with E-state index in [1.54, 1.807) is 0 Å². The summed E-state index contributed by atoms with van der Waals surface area (Å²) in [7, 11) is 0. The first-order chi connectivity index (χ1) is 14.9. The van der Waals surface area contributed by atoms with Crippen molar-refractivity contribution in [3.05, 3.63) is 61.1 Å². The molecule has 0 atom stereocenters. The minimum atomic E-state index is 0.157. The number of nitrogens with two attached hydrogens (primary N) is 1. The molecule has 1 aliphatic rings. The van der Waals surface area contributed by atoms with Gasteiger partial charge in [-0.25, -0.2) is 19.9 Å². The molecule has 1 saturated heterocycles. The van der Waals surface area contributed by atoms with Crippen LogP contribution in [0.3, 0.4) is 0 Å². The fourth-order valence-electron chi connectivity index (χ4n) is 2.68. The number of ether oxygens (including phenoxy) is 1. The van der Waals surface area contributed by atoms with Gasteiger partial charge in [-0.05, 0) is 92.2 Å². The maximum absolute atomic E-state index is 5.88. The van der Waals surface area contributed by atoms with Crippen molar-refractivity contribution in [2.24, 2.45) is 0 Å². The van der Waals surface area contributed by atoms with E-state index >= 15 is 0 Å². The Morgan fingerprint density at radius 2 is 1.26 bits per heavy atom. The molecule has 0 aliphatic carbocycles. The third-order valence-electron chi connectivity index (χ3n) is 4.11. The van der Waals surface area contributed by atoms with Crippen LogP contribution in [0.15, 0.2) is 45.3 Å². The second kappa shape index (κ2) is 11.5. The van der Waals surface area contributed by atoms with E-state index in [4.69, 9.17) is 45.3 Å². The highest BCUT2D eigenvalue weighted by atomic mass is 79.9. The molecule has 0 unspecified atom stereocenters. The lowest BCUT2D eigenvalue weighted by Crippen LogP contribution is -1.95. The van der Waals surface area contributed by atoms with Crippen LogP contribution < -0.4 is 5.73 Å². The summed E-state index contributed by atoms with van der Waals surface area (Å²) < 4.78 is 6.66. The fourth-order valence-corrected chi connectivity index (χ4v) is 4.21. The monoisotopic (exact) mass is 605 g/mol. The highest BCUT2D eigenvalue weighted by molar-refractivity contribution is 9.11. The van der Waals surface area contributed by atoms with Gasteiger partial charge in [0.25, 0.3) is 0 Å². The predicted octanol–water partition coefficient (Wildman–Crippen LogP) is 7.12. The molecule has 6 nitrogen and oxygen atoms in total. The molecule has 2 aromatic carbocycles. The van der Waals surface area contributed by atoms with Gasteiger partial charge in [0.05, 0.1) is 11.0 Å². The zero-order chi connectivity index (χ0) is 22.4. The Bertz CT molecular complexity index is 1110. The van der Waals surface area contributed by atoms with E-state index in [0.29, 0.717) is 11.0 Å². The molecule has 3 heterocycles. The van der Waals surface area contributed by atoms with E-state index in [9.17, 15) is 0 Å². The van der Waals surface area contributed by atoms with E-state index in [1.807, 2.05) is 36.4 Å². The number of para-hydroxylation sites is 2. The van der Waals surface area contributed by atoms with E-state index in [0.717, 1.165) is 44.0 Å². The lowest BCUT2D eigenvalue weighted by molar-refractivity contribution is 0.198. The van der Waals surface area contributed by atoms with Gasteiger partial charge in [-0.1, -0.05) is 23.7 Å². The largest absolute Gasteiger partial charge is 0.383 e. The van der Waals surface area contributed by atoms with Crippen molar-refractivity contribution in [2.75, 3.05) is 18.9 Å². The van der Waals surface area contributed by atoms with Crippen LogP contribution in [0.1, 0.15) is 12.8 Å². The second-order valence-corrected chi connectivity index (χ2v) is 9.00. The fraction of sp³-hybridized carbons (Fsp3) is 0.200. The number of halogens is 5. The third kappa shape index (κ3) is 6.60. The lowest BCUT2D eigenvalue weighted by atomic mass is 10.2. The van der Waals surface area contributed by atoms with Crippen molar-refractivity contribution in [2.45, 2.75) is 12.8 Å². The SMILES string of the molecule is C1CCOC1.Clc1nc(Cl)c2cccc(Br)c2n1.Nc1nc(Cl)nc2c(Br)cccc12. The molecule has 0 bridgehead atoms. The Kier molecular flexibility index (Phi) is 9.06. The Labute approximate surface area is 210 Å². The van der Waals surface area contributed by atoms with Crippen LogP contribution in [-0.4, -0.2) is 33.1 Å². The Balaban J connectivity index is 0.000000144. The summed E-state index contributed by atoms with van der Waals surface area (Å²) in [5.74, 6) is 0.399. The first kappa shape index (κ1) is 24.4. The van der Waals surface area contributed by atoms with Gasteiger partial charge in [0.15, 0.2) is 0 Å². The summed E-state index contributed by atoms with van der Waals surface area (Å²) in [5, 5.41) is 2.29. The molecule has 2 aromatic heterocycles.